The third-order valence-corrected chi connectivity index (χ3v) is 5.68. The van der Waals surface area contributed by atoms with Crippen molar-refractivity contribution in [2.75, 3.05) is 0 Å². The number of hydrogen-bond acceptors (Lipinski definition) is 2. The zero-order valence-corrected chi connectivity index (χ0v) is 17.8. The maximum atomic E-state index is 4.53. The van der Waals surface area contributed by atoms with Crippen LogP contribution in [0.15, 0.2) is 79.6 Å². The van der Waals surface area contributed by atoms with Gasteiger partial charge in [0, 0.05) is 21.4 Å². The summed E-state index contributed by atoms with van der Waals surface area (Å²) in [4.78, 5) is 9.05. The Morgan fingerprint density at radius 2 is 1.00 bits per heavy atom. The lowest BCUT2D eigenvalue weighted by atomic mass is 10.1. The van der Waals surface area contributed by atoms with Gasteiger partial charge in [0.1, 0.15) is 0 Å². The van der Waals surface area contributed by atoms with Gasteiger partial charge in [0.05, 0.1) is 11.4 Å². The Morgan fingerprint density at radius 3 is 1.35 bits per heavy atom. The van der Waals surface area contributed by atoms with Gasteiger partial charge in [0.15, 0.2) is 0 Å². The topological polar surface area (TPSA) is 24.7 Å². The second-order valence-electron chi connectivity index (χ2n) is 6.05. The molecule has 0 aromatic heterocycles. The summed E-state index contributed by atoms with van der Waals surface area (Å²) in [7, 11) is 0. The number of hydrogen-bond donors (Lipinski definition) is 0. The number of rotatable bonds is 4. The van der Waals surface area contributed by atoms with E-state index in [1.165, 1.54) is 11.1 Å². The van der Waals surface area contributed by atoms with Gasteiger partial charge in [-0.1, -0.05) is 68.3 Å². The van der Waals surface area contributed by atoms with Crippen molar-refractivity contribution in [2.45, 2.75) is 13.8 Å². The molecule has 0 N–H and O–H groups in total. The second kappa shape index (κ2) is 8.56. The normalized spacial score (nSPS) is 11.5. The van der Waals surface area contributed by atoms with Crippen molar-refractivity contribution in [3.8, 4) is 0 Å². The molecule has 3 aromatic rings. The molecule has 0 saturated heterocycles. The minimum absolute atomic E-state index is 0.929. The first-order valence-electron chi connectivity index (χ1n) is 8.22. The summed E-state index contributed by atoms with van der Waals surface area (Å²) >= 11 is 7.07. The molecule has 0 atom stereocenters. The number of aliphatic imine (C=N–C) groups is 2. The van der Waals surface area contributed by atoms with Crippen LogP contribution in [-0.2, 0) is 0 Å². The summed E-state index contributed by atoms with van der Waals surface area (Å²) in [6.07, 6.45) is 3.74. The number of halogens is 2. The van der Waals surface area contributed by atoms with Crippen molar-refractivity contribution < 1.29 is 0 Å². The molecule has 3 aromatic carbocycles. The second-order valence-corrected chi connectivity index (χ2v) is 7.76. The highest BCUT2D eigenvalue weighted by molar-refractivity contribution is 9.10. The van der Waals surface area contributed by atoms with E-state index < -0.39 is 0 Å². The molecule has 4 heteroatoms. The Morgan fingerprint density at radius 1 is 0.615 bits per heavy atom. The van der Waals surface area contributed by atoms with Crippen LogP contribution in [0, 0.1) is 13.8 Å². The van der Waals surface area contributed by atoms with Crippen molar-refractivity contribution in [1.29, 1.82) is 0 Å². The molecular formula is C22H18Br2N2. The monoisotopic (exact) mass is 468 g/mol. The molecular weight excluding hydrogens is 452 g/mol. The predicted octanol–water partition coefficient (Wildman–Crippen LogP) is 7.33. The van der Waals surface area contributed by atoms with Gasteiger partial charge in [0.2, 0.25) is 0 Å². The van der Waals surface area contributed by atoms with Gasteiger partial charge in [-0.25, -0.2) is 0 Å². The van der Waals surface area contributed by atoms with Crippen molar-refractivity contribution in [3.63, 3.8) is 0 Å². The number of benzene rings is 3. The number of aryl methyl sites for hydroxylation is 2. The van der Waals surface area contributed by atoms with E-state index in [4.69, 9.17) is 0 Å². The summed E-state index contributed by atoms with van der Waals surface area (Å²) < 4.78 is 2.14. The van der Waals surface area contributed by atoms with E-state index in [1.54, 1.807) is 0 Å². The van der Waals surface area contributed by atoms with E-state index in [9.17, 15) is 0 Å². The molecule has 0 amide bonds. The van der Waals surface area contributed by atoms with E-state index in [1.807, 2.05) is 61.0 Å². The van der Waals surface area contributed by atoms with Gasteiger partial charge < -0.3 is 0 Å². The Labute approximate surface area is 171 Å². The van der Waals surface area contributed by atoms with Crippen molar-refractivity contribution in [1.82, 2.24) is 0 Å². The molecule has 0 unspecified atom stereocenters. The van der Waals surface area contributed by atoms with E-state index >= 15 is 0 Å². The highest BCUT2D eigenvalue weighted by Gasteiger charge is 1.97. The average molecular weight is 470 g/mol. The van der Waals surface area contributed by atoms with Gasteiger partial charge in [-0.2, -0.15) is 0 Å². The lowest BCUT2D eigenvalue weighted by Crippen LogP contribution is -1.84. The SMILES string of the molecule is Cc1ccc(N=Cc2ccc(C=Nc3ccc(C)c(Br)c3)cc2)cc1Br. The predicted molar refractivity (Wildman–Crippen MR) is 119 cm³/mol. The zero-order chi connectivity index (χ0) is 18.5. The summed E-state index contributed by atoms with van der Waals surface area (Å²) in [6.45, 7) is 4.13. The third-order valence-electron chi connectivity index (χ3n) is 3.97. The van der Waals surface area contributed by atoms with E-state index in [-0.39, 0.29) is 0 Å². The van der Waals surface area contributed by atoms with Gasteiger partial charge in [0.25, 0.3) is 0 Å². The Kier molecular flexibility index (Phi) is 6.17. The van der Waals surface area contributed by atoms with E-state index in [0.717, 1.165) is 31.4 Å². The van der Waals surface area contributed by atoms with Gasteiger partial charge in [-0.3, -0.25) is 9.98 Å². The van der Waals surface area contributed by atoms with Crippen molar-refractivity contribution >= 4 is 55.7 Å². The lowest BCUT2D eigenvalue weighted by molar-refractivity contribution is 1.40. The third kappa shape index (κ3) is 4.99. The molecule has 0 spiro atoms. The molecule has 0 fully saturated rings. The van der Waals surface area contributed by atoms with Crippen LogP contribution in [0.25, 0.3) is 0 Å². The fourth-order valence-electron chi connectivity index (χ4n) is 2.29. The summed E-state index contributed by atoms with van der Waals surface area (Å²) in [5.41, 5.74) is 6.37. The standard InChI is InChI=1S/C22H18Br2N2/c1-15-3-9-19(11-21(15)23)25-13-17-5-7-18(8-6-17)14-26-20-10-4-16(2)22(24)12-20/h3-14H,1-2H3. The molecule has 0 aliphatic carbocycles. The first-order chi connectivity index (χ1) is 12.5. The smallest absolute Gasteiger partial charge is 0.0641 e. The van der Waals surface area contributed by atoms with Gasteiger partial charge in [-0.15, -0.1) is 0 Å². The molecule has 0 radical (unpaired) electrons. The summed E-state index contributed by atoms with van der Waals surface area (Å²) in [5, 5.41) is 0. The van der Waals surface area contributed by atoms with Crippen LogP contribution in [0.1, 0.15) is 22.3 Å². The van der Waals surface area contributed by atoms with E-state index in [2.05, 4.69) is 67.8 Å². The maximum Gasteiger partial charge on any atom is 0.0641 e. The molecule has 0 saturated carbocycles. The van der Waals surface area contributed by atoms with Crippen LogP contribution >= 0.6 is 31.9 Å². The Bertz CT molecular complexity index is 893. The molecule has 130 valence electrons. The Balaban J connectivity index is 1.69. The van der Waals surface area contributed by atoms with Crippen LogP contribution in [0.4, 0.5) is 11.4 Å². The maximum absolute atomic E-state index is 4.53. The molecule has 0 heterocycles. The molecule has 0 aliphatic rings. The highest BCUT2D eigenvalue weighted by atomic mass is 79.9. The minimum Gasteiger partial charge on any atom is -0.256 e. The fraction of sp³-hybridized carbons (Fsp3) is 0.0909. The molecule has 3 rings (SSSR count). The van der Waals surface area contributed by atoms with Gasteiger partial charge in [-0.05, 0) is 60.4 Å². The van der Waals surface area contributed by atoms with Crippen LogP contribution in [0.3, 0.4) is 0 Å². The van der Waals surface area contributed by atoms with Gasteiger partial charge >= 0.3 is 0 Å². The first kappa shape index (κ1) is 18.7. The molecule has 2 nitrogen and oxygen atoms in total. The molecule has 0 aliphatic heterocycles. The average Bonchev–Trinajstić information content (AvgIpc) is 2.64. The van der Waals surface area contributed by atoms with Crippen molar-refractivity contribution in [3.05, 3.63) is 91.9 Å². The van der Waals surface area contributed by atoms with Crippen LogP contribution in [0.2, 0.25) is 0 Å². The summed E-state index contributed by atoms with van der Waals surface area (Å²) in [5.74, 6) is 0. The first-order valence-corrected chi connectivity index (χ1v) is 9.80. The van der Waals surface area contributed by atoms with Crippen LogP contribution in [0.5, 0.6) is 0 Å². The molecule has 26 heavy (non-hydrogen) atoms. The van der Waals surface area contributed by atoms with Crippen molar-refractivity contribution in [2.24, 2.45) is 9.98 Å². The van der Waals surface area contributed by atoms with Crippen LogP contribution < -0.4 is 0 Å². The molecule has 0 bridgehead atoms. The van der Waals surface area contributed by atoms with Crippen LogP contribution in [-0.4, -0.2) is 12.4 Å². The quantitative estimate of drug-likeness (QED) is 0.357. The number of nitrogens with zero attached hydrogens (tertiary/aromatic N) is 2. The zero-order valence-electron chi connectivity index (χ0n) is 14.6. The largest absolute Gasteiger partial charge is 0.256 e. The highest BCUT2D eigenvalue weighted by Crippen LogP contribution is 2.23. The lowest BCUT2D eigenvalue weighted by Gasteiger charge is -2.00. The minimum atomic E-state index is 0.929. The van der Waals surface area contributed by atoms with E-state index in [0.29, 0.717) is 0 Å². The Hall–Kier alpha value is -2.04. The summed E-state index contributed by atoms with van der Waals surface area (Å²) in [6, 6.07) is 20.3. The fourth-order valence-corrected chi connectivity index (χ4v) is 3.02.